The average Bonchev–Trinajstić information content (AvgIpc) is 2.69. The number of hydrogen-bond acceptors (Lipinski definition) is 1. The number of hydrogen-bond donors (Lipinski definition) is 0. The molecule has 1 aromatic rings. The van der Waals surface area contributed by atoms with Crippen molar-refractivity contribution in [1.82, 2.24) is 0 Å². The van der Waals surface area contributed by atoms with Crippen LogP contribution in [0, 0.1) is 12.8 Å². The molecule has 1 aliphatic carbocycles. The number of benzene rings is 1. The number of aryl methyl sites for hydroxylation is 1. The molecule has 1 nitrogen and oxygen atoms in total. The van der Waals surface area contributed by atoms with Gasteiger partial charge in [0.2, 0.25) is 0 Å². The van der Waals surface area contributed by atoms with Crippen molar-refractivity contribution in [2.75, 3.05) is 6.61 Å². The molecule has 0 saturated heterocycles. The summed E-state index contributed by atoms with van der Waals surface area (Å²) in [7, 11) is 0. The summed E-state index contributed by atoms with van der Waals surface area (Å²) in [6.07, 6.45) is 19.5. The summed E-state index contributed by atoms with van der Waals surface area (Å²) in [5.74, 6) is 2.85. The van der Waals surface area contributed by atoms with Crippen molar-refractivity contribution < 1.29 is 4.74 Å². The minimum Gasteiger partial charge on any atom is -0.493 e. The molecule has 0 bridgehead atoms. The molecule has 1 heteroatoms. The van der Waals surface area contributed by atoms with Crippen LogP contribution in [-0.2, 0) is 0 Å². The quantitative estimate of drug-likeness (QED) is 0.315. The molecule has 0 heterocycles. The first-order valence-electron chi connectivity index (χ1n) is 12.0. The third kappa shape index (κ3) is 8.28. The van der Waals surface area contributed by atoms with E-state index in [1.54, 1.807) is 5.56 Å². The fraction of sp³-hybridized carbons (Fsp3) is 0.769. The lowest BCUT2D eigenvalue weighted by Crippen LogP contribution is -2.13. The summed E-state index contributed by atoms with van der Waals surface area (Å²) in [6.45, 7) is 7.56. The standard InChI is InChI=1S/C26H44O/c1-4-6-8-9-10-11-12-13-23-14-16-24(17-15-23)25-18-19-26(22(3)21-25)27-20-7-5-2/h18-19,21,23-24H,4-17,20H2,1-3H3/t23-,24-. The van der Waals surface area contributed by atoms with Gasteiger partial charge in [-0.3, -0.25) is 0 Å². The van der Waals surface area contributed by atoms with Crippen LogP contribution in [0.2, 0.25) is 0 Å². The monoisotopic (exact) mass is 372 g/mol. The van der Waals surface area contributed by atoms with Crippen LogP contribution >= 0.6 is 0 Å². The van der Waals surface area contributed by atoms with Crippen molar-refractivity contribution in [2.24, 2.45) is 5.92 Å². The minimum atomic E-state index is 0.777. The summed E-state index contributed by atoms with van der Waals surface area (Å²) in [5, 5.41) is 0. The lowest BCUT2D eigenvalue weighted by atomic mass is 9.77. The summed E-state index contributed by atoms with van der Waals surface area (Å²) in [6, 6.07) is 6.93. The van der Waals surface area contributed by atoms with Crippen molar-refractivity contribution in [1.29, 1.82) is 0 Å². The zero-order valence-corrected chi connectivity index (χ0v) is 18.4. The van der Waals surface area contributed by atoms with Gasteiger partial charge in [0, 0.05) is 0 Å². The van der Waals surface area contributed by atoms with Gasteiger partial charge >= 0.3 is 0 Å². The molecule has 2 rings (SSSR count). The van der Waals surface area contributed by atoms with Gasteiger partial charge in [-0.2, -0.15) is 0 Å². The van der Waals surface area contributed by atoms with Crippen molar-refractivity contribution in [3.05, 3.63) is 29.3 Å². The summed E-state index contributed by atoms with van der Waals surface area (Å²) < 4.78 is 5.92. The molecular weight excluding hydrogens is 328 g/mol. The van der Waals surface area contributed by atoms with Crippen LogP contribution in [-0.4, -0.2) is 6.61 Å². The van der Waals surface area contributed by atoms with E-state index in [1.807, 2.05) is 0 Å². The predicted octanol–water partition coefficient (Wildman–Crippen LogP) is 8.59. The molecule has 0 aromatic heterocycles. The van der Waals surface area contributed by atoms with Crippen LogP contribution < -0.4 is 4.74 Å². The number of unbranched alkanes of at least 4 members (excludes halogenated alkanes) is 7. The second kappa shape index (κ2) is 13.2. The Kier molecular flexibility index (Phi) is 10.9. The second-order valence-corrected chi connectivity index (χ2v) is 8.85. The highest BCUT2D eigenvalue weighted by Crippen LogP contribution is 2.38. The van der Waals surface area contributed by atoms with E-state index in [1.165, 1.54) is 89.0 Å². The first-order valence-corrected chi connectivity index (χ1v) is 12.0. The lowest BCUT2D eigenvalue weighted by Gasteiger charge is -2.29. The van der Waals surface area contributed by atoms with E-state index in [2.05, 4.69) is 39.0 Å². The van der Waals surface area contributed by atoms with Crippen molar-refractivity contribution >= 4 is 0 Å². The molecule has 0 atom stereocenters. The largest absolute Gasteiger partial charge is 0.493 e. The van der Waals surface area contributed by atoms with E-state index in [9.17, 15) is 0 Å². The van der Waals surface area contributed by atoms with E-state index in [4.69, 9.17) is 4.74 Å². The second-order valence-electron chi connectivity index (χ2n) is 8.85. The Morgan fingerprint density at radius 3 is 2.15 bits per heavy atom. The zero-order chi connectivity index (χ0) is 19.3. The third-order valence-electron chi connectivity index (χ3n) is 6.49. The molecule has 154 valence electrons. The van der Waals surface area contributed by atoms with Gasteiger partial charge in [0.15, 0.2) is 0 Å². The van der Waals surface area contributed by atoms with Crippen molar-refractivity contribution in [3.63, 3.8) is 0 Å². The number of rotatable bonds is 13. The van der Waals surface area contributed by atoms with E-state index in [-0.39, 0.29) is 0 Å². The molecule has 0 N–H and O–H groups in total. The summed E-state index contributed by atoms with van der Waals surface area (Å²) >= 11 is 0. The van der Waals surface area contributed by atoms with E-state index >= 15 is 0 Å². The zero-order valence-electron chi connectivity index (χ0n) is 18.4. The van der Waals surface area contributed by atoms with E-state index < -0.39 is 0 Å². The van der Waals surface area contributed by atoms with Crippen LogP contribution in [0.15, 0.2) is 18.2 Å². The molecule has 1 aliphatic rings. The normalized spacial score (nSPS) is 20.0. The fourth-order valence-electron chi connectivity index (χ4n) is 4.59. The molecule has 1 fully saturated rings. The van der Waals surface area contributed by atoms with Crippen LogP contribution in [0.25, 0.3) is 0 Å². The van der Waals surface area contributed by atoms with Crippen molar-refractivity contribution in [3.8, 4) is 5.75 Å². The Morgan fingerprint density at radius 2 is 1.48 bits per heavy atom. The summed E-state index contributed by atoms with van der Waals surface area (Å²) in [5.41, 5.74) is 2.86. The molecule has 1 aromatic carbocycles. The van der Waals surface area contributed by atoms with Gasteiger partial charge in [-0.1, -0.05) is 83.8 Å². The molecule has 0 aliphatic heterocycles. The Labute approximate surface area is 169 Å². The molecule has 0 radical (unpaired) electrons. The third-order valence-corrected chi connectivity index (χ3v) is 6.49. The molecule has 1 saturated carbocycles. The van der Waals surface area contributed by atoms with Crippen LogP contribution in [0.5, 0.6) is 5.75 Å². The minimum absolute atomic E-state index is 0.777. The van der Waals surface area contributed by atoms with Gasteiger partial charge in [0.05, 0.1) is 6.61 Å². The van der Waals surface area contributed by atoms with Gasteiger partial charge < -0.3 is 4.74 Å². The molecular formula is C26H44O. The van der Waals surface area contributed by atoms with Crippen LogP contribution in [0.4, 0.5) is 0 Å². The maximum atomic E-state index is 5.92. The highest BCUT2D eigenvalue weighted by molar-refractivity contribution is 5.37. The molecule has 0 spiro atoms. The van der Waals surface area contributed by atoms with Gasteiger partial charge in [-0.05, 0) is 68.1 Å². The molecule has 0 amide bonds. The first kappa shape index (κ1) is 22.3. The van der Waals surface area contributed by atoms with Gasteiger partial charge in [-0.25, -0.2) is 0 Å². The average molecular weight is 373 g/mol. The lowest BCUT2D eigenvalue weighted by molar-refractivity contribution is 0.299. The Morgan fingerprint density at radius 1 is 0.815 bits per heavy atom. The summed E-state index contributed by atoms with van der Waals surface area (Å²) in [4.78, 5) is 0. The Hall–Kier alpha value is -0.980. The Balaban J connectivity index is 1.65. The first-order chi connectivity index (χ1) is 13.2. The Bertz CT molecular complexity index is 499. The van der Waals surface area contributed by atoms with Crippen LogP contribution in [0.1, 0.15) is 121 Å². The predicted molar refractivity (Wildman–Crippen MR) is 119 cm³/mol. The fourth-order valence-corrected chi connectivity index (χ4v) is 4.59. The van der Waals surface area contributed by atoms with E-state index in [0.717, 1.165) is 30.6 Å². The molecule has 0 unspecified atom stereocenters. The van der Waals surface area contributed by atoms with Crippen molar-refractivity contribution in [2.45, 2.75) is 117 Å². The highest BCUT2D eigenvalue weighted by Gasteiger charge is 2.22. The smallest absolute Gasteiger partial charge is 0.122 e. The topological polar surface area (TPSA) is 9.23 Å². The van der Waals surface area contributed by atoms with Gasteiger partial charge in [-0.15, -0.1) is 0 Å². The maximum Gasteiger partial charge on any atom is 0.122 e. The number of ether oxygens (including phenoxy) is 1. The van der Waals surface area contributed by atoms with Gasteiger partial charge in [0.1, 0.15) is 5.75 Å². The molecule has 27 heavy (non-hydrogen) atoms. The highest BCUT2D eigenvalue weighted by atomic mass is 16.5. The maximum absolute atomic E-state index is 5.92. The van der Waals surface area contributed by atoms with Gasteiger partial charge in [0.25, 0.3) is 0 Å². The van der Waals surface area contributed by atoms with Crippen LogP contribution in [0.3, 0.4) is 0 Å². The SMILES string of the molecule is CCCCCCCCC[C@H]1CC[C@H](c2ccc(OCCCC)c(C)c2)CC1. The van der Waals surface area contributed by atoms with E-state index in [0.29, 0.717) is 0 Å².